The second-order valence-electron chi connectivity index (χ2n) is 4.93. The molecule has 0 bridgehead atoms. The summed E-state index contributed by atoms with van der Waals surface area (Å²) in [5.74, 6) is 0.165. The third-order valence-corrected chi connectivity index (χ3v) is 3.73. The molecule has 1 aliphatic heterocycles. The fourth-order valence-electron chi connectivity index (χ4n) is 2.61. The van der Waals surface area contributed by atoms with Gasteiger partial charge in [0.2, 0.25) is 0 Å². The number of nitrogens with zero attached hydrogens (tertiary/aromatic N) is 1. The summed E-state index contributed by atoms with van der Waals surface area (Å²) in [6.07, 6.45) is 2.24. The number of ether oxygens (including phenoxy) is 1. The topological polar surface area (TPSA) is 59.8 Å². The molecule has 0 atom stereocenters. The van der Waals surface area contributed by atoms with Crippen LogP contribution in [-0.4, -0.2) is 25.5 Å². The average Bonchev–Trinajstić information content (AvgIpc) is 3.11. The number of carbonyl (C=O) groups is 2. The van der Waals surface area contributed by atoms with Gasteiger partial charge in [0.05, 0.1) is 24.5 Å². The van der Waals surface area contributed by atoms with Gasteiger partial charge in [0.1, 0.15) is 5.76 Å². The van der Waals surface area contributed by atoms with E-state index in [2.05, 4.69) is 0 Å². The van der Waals surface area contributed by atoms with Crippen molar-refractivity contribution in [1.82, 2.24) is 0 Å². The average molecular weight is 285 g/mol. The van der Waals surface area contributed by atoms with Crippen molar-refractivity contribution in [3.63, 3.8) is 0 Å². The van der Waals surface area contributed by atoms with Crippen LogP contribution in [-0.2, 0) is 11.2 Å². The van der Waals surface area contributed by atoms with Crippen molar-refractivity contribution in [1.29, 1.82) is 0 Å². The lowest BCUT2D eigenvalue weighted by atomic mass is 10.1. The van der Waals surface area contributed by atoms with Crippen LogP contribution in [0.5, 0.6) is 0 Å². The highest BCUT2D eigenvalue weighted by Crippen LogP contribution is 2.31. The smallest absolute Gasteiger partial charge is 0.337 e. The fourth-order valence-corrected chi connectivity index (χ4v) is 2.61. The number of esters is 1. The Morgan fingerprint density at radius 2 is 2.10 bits per heavy atom. The van der Waals surface area contributed by atoms with Crippen molar-refractivity contribution in [2.24, 2.45) is 0 Å². The normalized spacial score (nSPS) is 13.1. The zero-order chi connectivity index (χ0) is 15.0. The van der Waals surface area contributed by atoms with E-state index in [0.29, 0.717) is 23.4 Å². The van der Waals surface area contributed by atoms with Crippen LogP contribution in [0.2, 0.25) is 0 Å². The number of amides is 1. The third-order valence-electron chi connectivity index (χ3n) is 3.73. The summed E-state index contributed by atoms with van der Waals surface area (Å²) in [6.45, 7) is 2.37. The van der Waals surface area contributed by atoms with Crippen LogP contribution in [0.15, 0.2) is 34.9 Å². The third kappa shape index (κ3) is 2.20. The predicted octanol–water partition coefficient (Wildman–Crippen LogP) is 2.58. The minimum absolute atomic E-state index is 0.0779. The highest BCUT2D eigenvalue weighted by Gasteiger charge is 2.28. The Morgan fingerprint density at radius 3 is 2.76 bits per heavy atom. The molecule has 1 amide bonds. The first kappa shape index (κ1) is 13.4. The number of hydrogen-bond acceptors (Lipinski definition) is 4. The molecular weight excluding hydrogens is 270 g/mol. The van der Waals surface area contributed by atoms with Crippen molar-refractivity contribution >= 4 is 17.6 Å². The molecule has 3 rings (SSSR count). The summed E-state index contributed by atoms with van der Waals surface area (Å²) >= 11 is 0. The number of anilines is 1. The standard InChI is InChI=1S/C16H15NO4/c1-10-13(6-8-21-10)15(18)17-7-5-11-9-12(16(19)20-2)3-4-14(11)17/h3-4,6,8-9H,5,7H2,1-2H3. The van der Waals surface area contributed by atoms with Crippen LogP contribution in [0.3, 0.4) is 0 Å². The van der Waals surface area contributed by atoms with Crippen LogP contribution in [0.4, 0.5) is 5.69 Å². The monoisotopic (exact) mass is 285 g/mol. The molecule has 0 saturated heterocycles. The highest BCUT2D eigenvalue weighted by atomic mass is 16.5. The zero-order valence-electron chi connectivity index (χ0n) is 11.9. The fraction of sp³-hybridized carbons (Fsp3) is 0.250. The summed E-state index contributed by atoms with van der Waals surface area (Å²) in [7, 11) is 1.35. The van der Waals surface area contributed by atoms with E-state index in [1.54, 1.807) is 36.1 Å². The Balaban J connectivity index is 1.92. The van der Waals surface area contributed by atoms with Gasteiger partial charge in [-0.25, -0.2) is 4.79 Å². The van der Waals surface area contributed by atoms with Gasteiger partial charge >= 0.3 is 5.97 Å². The van der Waals surface area contributed by atoms with Crippen LogP contribution in [0.1, 0.15) is 32.0 Å². The Kier molecular flexibility index (Phi) is 3.25. The SMILES string of the molecule is COC(=O)c1ccc2c(c1)CCN2C(=O)c1ccoc1C. The van der Waals surface area contributed by atoms with Gasteiger partial charge in [0, 0.05) is 12.2 Å². The maximum atomic E-state index is 12.5. The molecule has 0 fully saturated rings. The van der Waals surface area contributed by atoms with Crippen LogP contribution < -0.4 is 4.90 Å². The molecule has 0 radical (unpaired) electrons. The first-order chi connectivity index (χ1) is 10.1. The second-order valence-corrected chi connectivity index (χ2v) is 4.93. The molecule has 21 heavy (non-hydrogen) atoms. The van der Waals surface area contributed by atoms with E-state index in [0.717, 1.165) is 17.7 Å². The Morgan fingerprint density at radius 1 is 1.29 bits per heavy atom. The molecular formula is C16H15NO4. The number of hydrogen-bond donors (Lipinski definition) is 0. The molecule has 0 saturated carbocycles. The lowest BCUT2D eigenvalue weighted by Crippen LogP contribution is -2.29. The van der Waals surface area contributed by atoms with Gasteiger partial charge in [0.15, 0.2) is 0 Å². The van der Waals surface area contributed by atoms with E-state index in [9.17, 15) is 9.59 Å². The van der Waals surface area contributed by atoms with Gasteiger partial charge in [-0.3, -0.25) is 4.79 Å². The molecule has 0 aliphatic carbocycles. The molecule has 1 aromatic heterocycles. The number of methoxy groups -OCH3 is 1. The Labute approximate surface area is 122 Å². The molecule has 1 aromatic carbocycles. The summed E-state index contributed by atoms with van der Waals surface area (Å²) in [6, 6.07) is 6.94. The van der Waals surface area contributed by atoms with Crippen molar-refractivity contribution in [2.45, 2.75) is 13.3 Å². The van der Waals surface area contributed by atoms with Crippen molar-refractivity contribution in [2.75, 3.05) is 18.6 Å². The number of furan rings is 1. The van der Waals surface area contributed by atoms with Gasteiger partial charge in [-0.2, -0.15) is 0 Å². The second kappa shape index (κ2) is 5.09. The summed E-state index contributed by atoms with van der Waals surface area (Å²) in [5, 5.41) is 0. The van der Waals surface area contributed by atoms with Crippen LogP contribution >= 0.6 is 0 Å². The van der Waals surface area contributed by atoms with Gasteiger partial charge in [0.25, 0.3) is 5.91 Å². The predicted molar refractivity (Wildman–Crippen MR) is 76.6 cm³/mol. The minimum Gasteiger partial charge on any atom is -0.469 e. The van der Waals surface area contributed by atoms with E-state index in [1.165, 1.54) is 13.4 Å². The van der Waals surface area contributed by atoms with Gasteiger partial charge in [-0.1, -0.05) is 0 Å². The Hall–Kier alpha value is -2.56. The molecule has 108 valence electrons. The molecule has 0 spiro atoms. The molecule has 0 unspecified atom stereocenters. The molecule has 0 N–H and O–H groups in total. The maximum absolute atomic E-state index is 12.5. The minimum atomic E-state index is -0.367. The summed E-state index contributed by atoms with van der Waals surface area (Å²) in [5.41, 5.74) is 2.89. The lowest BCUT2D eigenvalue weighted by Gasteiger charge is -2.17. The first-order valence-electron chi connectivity index (χ1n) is 6.69. The number of carbonyl (C=O) groups excluding carboxylic acids is 2. The molecule has 5 heteroatoms. The molecule has 2 heterocycles. The van der Waals surface area contributed by atoms with Gasteiger partial charge in [-0.05, 0) is 43.2 Å². The zero-order valence-corrected chi connectivity index (χ0v) is 11.9. The number of fused-ring (bicyclic) bond motifs is 1. The molecule has 2 aromatic rings. The van der Waals surface area contributed by atoms with E-state index in [1.807, 2.05) is 0 Å². The van der Waals surface area contributed by atoms with Crippen molar-refractivity contribution < 1.29 is 18.7 Å². The van der Waals surface area contributed by atoms with Crippen molar-refractivity contribution in [3.8, 4) is 0 Å². The Bertz CT molecular complexity index is 717. The number of rotatable bonds is 2. The van der Waals surface area contributed by atoms with E-state index >= 15 is 0 Å². The van der Waals surface area contributed by atoms with E-state index in [-0.39, 0.29) is 11.9 Å². The number of benzene rings is 1. The van der Waals surface area contributed by atoms with Crippen LogP contribution in [0.25, 0.3) is 0 Å². The maximum Gasteiger partial charge on any atom is 0.337 e. The first-order valence-corrected chi connectivity index (χ1v) is 6.69. The van der Waals surface area contributed by atoms with Gasteiger partial charge < -0.3 is 14.1 Å². The largest absolute Gasteiger partial charge is 0.469 e. The summed E-state index contributed by atoms with van der Waals surface area (Å²) in [4.78, 5) is 25.8. The summed E-state index contributed by atoms with van der Waals surface area (Å²) < 4.78 is 9.90. The molecule has 1 aliphatic rings. The quantitative estimate of drug-likeness (QED) is 0.796. The van der Waals surface area contributed by atoms with Crippen LogP contribution in [0, 0.1) is 6.92 Å². The van der Waals surface area contributed by atoms with E-state index in [4.69, 9.17) is 9.15 Å². The number of aryl methyl sites for hydroxylation is 1. The molecule has 5 nitrogen and oxygen atoms in total. The highest BCUT2D eigenvalue weighted by molar-refractivity contribution is 6.08. The van der Waals surface area contributed by atoms with E-state index < -0.39 is 0 Å². The van der Waals surface area contributed by atoms with Gasteiger partial charge in [-0.15, -0.1) is 0 Å². The lowest BCUT2D eigenvalue weighted by molar-refractivity contribution is 0.0600. The van der Waals surface area contributed by atoms with Crippen molar-refractivity contribution in [3.05, 3.63) is 53.0 Å².